The molecular formula is C15H29NO2. The topological polar surface area (TPSA) is 40.5 Å². The molecule has 3 heteroatoms. The van der Waals surface area contributed by atoms with Gasteiger partial charge in [-0.3, -0.25) is 4.79 Å². The Morgan fingerprint density at radius 1 is 1.33 bits per heavy atom. The summed E-state index contributed by atoms with van der Waals surface area (Å²) in [6.07, 6.45) is 7.50. The molecule has 0 aromatic rings. The van der Waals surface area contributed by atoms with E-state index in [9.17, 15) is 4.79 Å². The predicted molar refractivity (Wildman–Crippen MR) is 74.3 cm³/mol. The van der Waals surface area contributed by atoms with Crippen molar-refractivity contribution in [3.8, 4) is 0 Å². The van der Waals surface area contributed by atoms with Crippen LogP contribution < -0.4 is 0 Å². The molecule has 1 atom stereocenters. The Balaban J connectivity index is 2.12. The van der Waals surface area contributed by atoms with Gasteiger partial charge in [0.25, 0.3) is 0 Å². The lowest BCUT2D eigenvalue weighted by Gasteiger charge is -2.32. The number of amides is 1. The molecule has 0 bridgehead atoms. The fraction of sp³-hybridized carbons (Fsp3) is 0.933. The van der Waals surface area contributed by atoms with Crippen LogP contribution in [-0.2, 0) is 4.79 Å². The molecule has 1 saturated heterocycles. The van der Waals surface area contributed by atoms with Gasteiger partial charge < -0.3 is 10.0 Å². The second kappa shape index (κ2) is 8.52. The van der Waals surface area contributed by atoms with E-state index in [1.165, 1.54) is 19.3 Å². The molecule has 18 heavy (non-hydrogen) atoms. The van der Waals surface area contributed by atoms with Gasteiger partial charge in [0, 0.05) is 26.1 Å². The van der Waals surface area contributed by atoms with E-state index in [0.29, 0.717) is 12.3 Å². The van der Waals surface area contributed by atoms with Crippen molar-refractivity contribution in [2.75, 3.05) is 19.7 Å². The highest BCUT2D eigenvalue weighted by Gasteiger charge is 2.22. The molecule has 0 aliphatic carbocycles. The molecule has 0 radical (unpaired) electrons. The normalized spacial score (nSPS) is 20.4. The van der Waals surface area contributed by atoms with E-state index in [2.05, 4.69) is 13.8 Å². The minimum atomic E-state index is 0.220. The number of aliphatic hydroxyl groups is 1. The summed E-state index contributed by atoms with van der Waals surface area (Å²) < 4.78 is 0. The van der Waals surface area contributed by atoms with Crippen LogP contribution in [0.3, 0.4) is 0 Å². The molecule has 106 valence electrons. The first kappa shape index (κ1) is 15.5. The van der Waals surface area contributed by atoms with Crippen molar-refractivity contribution in [2.24, 2.45) is 11.8 Å². The van der Waals surface area contributed by atoms with Crippen LogP contribution >= 0.6 is 0 Å². The minimum absolute atomic E-state index is 0.220. The van der Waals surface area contributed by atoms with Crippen LogP contribution in [0.4, 0.5) is 0 Å². The molecule has 1 aliphatic rings. The summed E-state index contributed by atoms with van der Waals surface area (Å²) in [5.41, 5.74) is 0. The quantitative estimate of drug-likeness (QED) is 0.711. The van der Waals surface area contributed by atoms with E-state index in [4.69, 9.17) is 5.11 Å². The number of likely N-dealkylation sites (tertiary alicyclic amines) is 1. The summed E-state index contributed by atoms with van der Waals surface area (Å²) in [6.45, 7) is 6.36. The number of hydrogen-bond donors (Lipinski definition) is 1. The van der Waals surface area contributed by atoms with Crippen molar-refractivity contribution in [3.05, 3.63) is 0 Å². The zero-order valence-corrected chi connectivity index (χ0v) is 12.0. The Hall–Kier alpha value is -0.570. The van der Waals surface area contributed by atoms with Crippen molar-refractivity contribution >= 4 is 5.91 Å². The molecule has 1 heterocycles. The summed E-state index contributed by atoms with van der Waals surface area (Å²) >= 11 is 0. The summed E-state index contributed by atoms with van der Waals surface area (Å²) in [7, 11) is 0. The third-order valence-corrected chi connectivity index (χ3v) is 3.80. The number of unbranched alkanes of at least 4 members (excludes halogenated alkanes) is 2. The van der Waals surface area contributed by atoms with Gasteiger partial charge in [-0.25, -0.2) is 0 Å². The van der Waals surface area contributed by atoms with Gasteiger partial charge in [0.05, 0.1) is 0 Å². The lowest BCUT2D eigenvalue weighted by Crippen LogP contribution is -2.40. The fourth-order valence-corrected chi connectivity index (χ4v) is 2.60. The van der Waals surface area contributed by atoms with Gasteiger partial charge in [-0.05, 0) is 31.1 Å². The first-order chi connectivity index (χ1) is 8.63. The first-order valence-electron chi connectivity index (χ1n) is 7.52. The van der Waals surface area contributed by atoms with Crippen molar-refractivity contribution in [1.29, 1.82) is 0 Å². The number of aliphatic hydroxyl groups excluding tert-OH is 1. The minimum Gasteiger partial charge on any atom is -0.396 e. The van der Waals surface area contributed by atoms with Crippen LogP contribution in [-0.4, -0.2) is 35.6 Å². The molecule has 3 nitrogen and oxygen atoms in total. The average molecular weight is 255 g/mol. The van der Waals surface area contributed by atoms with Crippen LogP contribution in [0.25, 0.3) is 0 Å². The molecule has 0 aromatic heterocycles. The molecule has 1 fully saturated rings. The lowest BCUT2D eigenvalue weighted by atomic mass is 9.98. The highest BCUT2D eigenvalue weighted by Crippen LogP contribution is 2.17. The Morgan fingerprint density at radius 2 is 2.11 bits per heavy atom. The van der Waals surface area contributed by atoms with E-state index in [1.54, 1.807) is 0 Å². The number of carbonyl (C=O) groups is 1. The number of hydrogen-bond acceptors (Lipinski definition) is 2. The Kier molecular flexibility index (Phi) is 7.33. The van der Waals surface area contributed by atoms with E-state index in [1.807, 2.05) is 4.90 Å². The van der Waals surface area contributed by atoms with Gasteiger partial charge in [0.1, 0.15) is 0 Å². The standard InChI is InChI=1S/C15H29NO2/c1-13(2)7-4-3-5-9-15(18)16-10-6-8-14(11-16)12-17/h13-14,17H,3-12H2,1-2H3. The predicted octanol–water partition coefficient (Wildman–Crippen LogP) is 2.82. The molecule has 1 N–H and O–H groups in total. The maximum atomic E-state index is 12.0. The molecule has 0 spiro atoms. The lowest BCUT2D eigenvalue weighted by molar-refractivity contribution is -0.133. The summed E-state index contributed by atoms with van der Waals surface area (Å²) in [6, 6.07) is 0. The van der Waals surface area contributed by atoms with Crippen molar-refractivity contribution in [3.63, 3.8) is 0 Å². The fourth-order valence-electron chi connectivity index (χ4n) is 2.60. The molecule has 1 unspecified atom stereocenters. The molecule has 0 saturated carbocycles. The van der Waals surface area contributed by atoms with E-state index < -0.39 is 0 Å². The second-order valence-electron chi connectivity index (χ2n) is 6.02. The van der Waals surface area contributed by atoms with Gasteiger partial charge in [-0.15, -0.1) is 0 Å². The molecular weight excluding hydrogens is 226 g/mol. The average Bonchev–Trinajstić information content (AvgIpc) is 2.37. The van der Waals surface area contributed by atoms with E-state index in [-0.39, 0.29) is 12.5 Å². The summed E-state index contributed by atoms with van der Waals surface area (Å²) in [4.78, 5) is 14.0. The van der Waals surface area contributed by atoms with Crippen LogP contribution in [0.1, 0.15) is 58.8 Å². The number of carbonyl (C=O) groups excluding carboxylic acids is 1. The highest BCUT2D eigenvalue weighted by molar-refractivity contribution is 5.76. The van der Waals surface area contributed by atoms with Gasteiger partial charge in [-0.1, -0.05) is 33.1 Å². The Bertz CT molecular complexity index is 241. The van der Waals surface area contributed by atoms with Crippen LogP contribution in [0.5, 0.6) is 0 Å². The molecule has 1 amide bonds. The summed E-state index contributed by atoms with van der Waals surface area (Å²) in [5, 5.41) is 9.15. The van der Waals surface area contributed by atoms with Crippen molar-refractivity contribution < 1.29 is 9.90 Å². The van der Waals surface area contributed by atoms with E-state index in [0.717, 1.165) is 38.3 Å². The van der Waals surface area contributed by atoms with Crippen molar-refractivity contribution in [2.45, 2.75) is 58.8 Å². The third kappa shape index (κ3) is 5.85. The van der Waals surface area contributed by atoms with Crippen molar-refractivity contribution in [1.82, 2.24) is 4.90 Å². The van der Waals surface area contributed by atoms with Crippen LogP contribution in [0.2, 0.25) is 0 Å². The second-order valence-corrected chi connectivity index (χ2v) is 6.02. The number of piperidine rings is 1. The van der Waals surface area contributed by atoms with Gasteiger partial charge >= 0.3 is 0 Å². The Morgan fingerprint density at radius 3 is 2.78 bits per heavy atom. The third-order valence-electron chi connectivity index (χ3n) is 3.80. The van der Waals surface area contributed by atoms with Gasteiger partial charge in [-0.2, -0.15) is 0 Å². The van der Waals surface area contributed by atoms with Gasteiger partial charge in [0.15, 0.2) is 0 Å². The summed E-state index contributed by atoms with van der Waals surface area (Å²) in [5.74, 6) is 1.37. The first-order valence-corrected chi connectivity index (χ1v) is 7.52. The zero-order valence-electron chi connectivity index (χ0n) is 12.0. The zero-order chi connectivity index (χ0) is 13.4. The van der Waals surface area contributed by atoms with Crippen LogP contribution in [0.15, 0.2) is 0 Å². The van der Waals surface area contributed by atoms with Crippen LogP contribution in [0, 0.1) is 11.8 Å². The highest BCUT2D eigenvalue weighted by atomic mass is 16.3. The Labute approximate surface area is 112 Å². The maximum absolute atomic E-state index is 12.0. The number of nitrogens with zero attached hydrogens (tertiary/aromatic N) is 1. The molecule has 1 aliphatic heterocycles. The SMILES string of the molecule is CC(C)CCCCCC(=O)N1CCCC(CO)C1. The number of rotatable bonds is 7. The van der Waals surface area contributed by atoms with Gasteiger partial charge in [0.2, 0.25) is 5.91 Å². The smallest absolute Gasteiger partial charge is 0.222 e. The maximum Gasteiger partial charge on any atom is 0.222 e. The van der Waals surface area contributed by atoms with E-state index >= 15 is 0 Å². The monoisotopic (exact) mass is 255 g/mol. The molecule has 0 aromatic carbocycles. The molecule has 1 rings (SSSR count). The largest absolute Gasteiger partial charge is 0.396 e.